The molecule has 0 saturated carbocycles. The number of aliphatic hydroxyl groups excluding tert-OH is 7. The van der Waals surface area contributed by atoms with Crippen molar-refractivity contribution in [3.8, 4) is 0 Å². The van der Waals surface area contributed by atoms with Crippen molar-refractivity contribution in [1.82, 2.24) is 0 Å². The second-order valence-electron chi connectivity index (χ2n) is 20.5. The Bertz CT molecular complexity index is 1350. The summed E-state index contributed by atoms with van der Waals surface area (Å²) in [5.74, 6) is -0.929. The molecule has 7 N–H and O–H groups in total. The minimum Gasteiger partial charge on any atom is -0.462 e. The van der Waals surface area contributed by atoms with Gasteiger partial charge < -0.3 is 64.2 Å². The van der Waals surface area contributed by atoms with E-state index in [9.17, 15) is 45.3 Å². The van der Waals surface area contributed by atoms with Crippen LogP contribution in [0.15, 0.2) is 24.3 Å². The number of carbonyl (C=O) groups excluding carboxylic acids is 2. The van der Waals surface area contributed by atoms with Gasteiger partial charge in [-0.25, -0.2) is 0 Å². The largest absolute Gasteiger partial charge is 0.462 e. The van der Waals surface area contributed by atoms with E-state index in [0.29, 0.717) is 12.8 Å². The van der Waals surface area contributed by atoms with Crippen LogP contribution in [0.4, 0.5) is 0 Å². The van der Waals surface area contributed by atoms with Gasteiger partial charge in [0.15, 0.2) is 18.7 Å². The number of unbranched alkanes of at least 4 members (excludes halogenated alkanes) is 28. The van der Waals surface area contributed by atoms with Gasteiger partial charge in [0.05, 0.1) is 19.8 Å². The summed E-state index contributed by atoms with van der Waals surface area (Å²) in [6.07, 6.45) is 30.6. The molecule has 0 amide bonds. The molecule has 2 fully saturated rings. The number of hydrogen-bond donors (Lipinski definition) is 7. The van der Waals surface area contributed by atoms with E-state index in [1.807, 2.05) is 0 Å². The van der Waals surface area contributed by atoms with Crippen molar-refractivity contribution < 1.29 is 73.8 Å². The minimum atomic E-state index is -1.77. The van der Waals surface area contributed by atoms with Crippen LogP contribution in [0.1, 0.15) is 232 Å². The van der Waals surface area contributed by atoms with Crippen LogP contribution in [-0.4, -0.2) is 142 Å². The van der Waals surface area contributed by atoms with Crippen LogP contribution in [0.2, 0.25) is 0 Å². The van der Waals surface area contributed by atoms with Crippen molar-refractivity contribution in [1.29, 1.82) is 0 Å². The molecule has 72 heavy (non-hydrogen) atoms. The minimum absolute atomic E-state index is 0.152. The molecule has 0 aliphatic carbocycles. The molecule has 4 unspecified atom stereocenters. The van der Waals surface area contributed by atoms with Gasteiger partial charge in [0.2, 0.25) is 0 Å². The summed E-state index contributed by atoms with van der Waals surface area (Å²) in [4.78, 5) is 25.9. The van der Waals surface area contributed by atoms with Gasteiger partial charge in [-0.1, -0.05) is 199 Å². The molecule has 0 aromatic carbocycles. The van der Waals surface area contributed by atoms with E-state index in [1.54, 1.807) is 0 Å². The predicted molar refractivity (Wildman–Crippen MR) is 280 cm³/mol. The first-order valence-corrected chi connectivity index (χ1v) is 28.9. The van der Waals surface area contributed by atoms with Crippen LogP contribution in [-0.2, 0) is 38.0 Å². The van der Waals surface area contributed by atoms with Gasteiger partial charge in [0.25, 0.3) is 0 Å². The second-order valence-corrected chi connectivity index (χ2v) is 20.5. The van der Waals surface area contributed by atoms with Crippen LogP contribution in [0, 0.1) is 0 Å². The first kappa shape index (κ1) is 66.1. The summed E-state index contributed by atoms with van der Waals surface area (Å²) >= 11 is 0. The maximum Gasteiger partial charge on any atom is 0.306 e. The summed E-state index contributed by atoms with van der Waals surface area (Å²) in [6, 6.07) is 0. The van der Waals surface area contributed by atoms with Crippen molar-refractivity contribution in [3.63, 3.8) is 0 Å². The van der Waals surface area contributed by atoms with Gasteiger partial charge in [-0.15, -0.1) is 0 Å². The standard InChI is InChI=1S/C57H104O15/c1-3-5-7-9-11-13-15-17-19-20-21-22-23-24-26-27-29-31-33-35-37-39-48(59)67-42-45(70-49(60)40-38-36-34-32-30-28-25-18-16-14-12-10-8-6-4-2)43-68-56-55(66)53(64)51(62)47(72-56)44-69-57-54(65)52(63)50(61)46(41-58)71-57/h12,14,18,25,45-47,50-58,61-66H,3-11,13,15-17,19-24,26-44H2,1-2H3/b14-12+,25-18+/t45-,46+,47+,50-,51-,52?,53?,54?,55?,56+,57+/m0/s1. The number of ether oxygens (including phenoxy) is 6. The summed E-state index contributed by atoms with van der Waals surface area (Å²) in [7, 11) is 0. The van der Waals surface area contributed by atoms with E-state index >= 15 is 0 Å². The Hall–Kier alpha value is -2.02. The number of aliphatic hydroxyl groups is 7. The van der Waals surface area contributed by atoms with Gasteiger partial charge in [-0.3, -0.25) is 9.59 Å². The van der Waals surface area contributed by atoms with E-state index in [4.69, 9.17) is 28.4 Å². The highest BCUT2D eigenvalue weighted by atomic mass is 16.7. The Kier molecular flexibility index (Phi) is 40.5. The van der Waals surface area contributed by atoms with Crippen LogP contribution >= 0.6 is 0 Å². The van der Waals surface area contributed by atoms with E-state index in [2.05, 4.69) is 38.2 Å². The number of carbonyl (C=O) groups is 2. The summed E-state index contributed by atoms with van der Waals surface area (Å²) in [6.45, 7) is 2.59. The zero-order valence-electron chi connectivity index (χ0n) is 44.9. The number of allylic oxidation sites excluding steroid dienone is 4. The van der Waals surface area contributed by atoms with Crippen LogP contribution < -0.4 is 0 Å². The highest BCUT2D eigenvalue weighted by Gasteiger charge is 2.47. The topological polar surface area (TPSA) is 231 Å². The van der Waals surface area contributed by atoms with Crippen molar-refractivity contribution in [2.45, 2.75) is 300 Å². The summed E-state index contributed by atoms with van der Waals surface area (Å²) < 4.78 is 33.7. The Morgan fingerprint density at radius 1 is 0.444 bits per heavy atom. The zero-order valence-corrected chi connectivity index (χ0v) is 44.9. The summed E-state index contributed by atoms with van der Waals surface area (Å²) in [5.41, 5.74) is 0. The maximum atomic E-state index is 13.0. The lowest BCUT2D eigenvalue weighted by molar-refractivity contribution is -0.332. The van der Waals surface area contributed by atoms with Crippen molar-refractivity contribution in [2.75, 3.05) is 26.4 Å². The quantitative estimate of drug-likeness (QED) is 0.0171. The third-order valence-electron chi connectivity index (χ3n) is 13.9. The number of esters is 2. The molecule has 422 valence electrons. The third-order valence-corrected chi connectivity index (χ3v) is 13.9. The monoisotopic (exact) mass is 1030 g/mol. The SMILES string of the molecule is CCCCC/C=C/C/C=C/CCCCCCCC(=O)O[C@@H](COC(=O)CCCCCCCCCCCCCCCCCCCCCCC)CO[C@@H]1O[C@H](CO[C@@H]2O[C@H](CO)[C@H](O)C(O)C2O)[C@H](O)C(O)C1O. The number of rotatable bonds is 46. The molecule has 11 atom stereocenters. The molecule has 15 nitrogen and oxygen atoms in total. The molecule has 0 spiro atoms. The fraction of sp³-hybridized carbons (Fsp3) is 0.895. The Balaban J connectivity index is 1.74. The third kappa shape index (κ3) is 31.1. The molecule has 0 radical (unpaired) electrons. The lowest BCUT2D eigenvalue weighted by atomic mass is 9.98. The van der Waals surface area contributed by atoms with Gasteiger partial charge in [-0.2, -0.15) is 0 Å². The fourth-order valence-electron chi connectivity index (χ4n) is 9.19. The van der Waals surface area contributed by atoms with Crippen LogP contribution in [0.5, 0.6) is 0 Å². The molecular weight excluding hydrogens is 925 g/mol. The van der Waals surface area contributed by atoms with Crippen molar-refractivity contribution >= 4 is 11.9 Å². The molecule has 0 bridgehead atoms. The van der Waals surface area contributed by atoms with E-state index in [-0.39, 0.29) is 26.1 Å². The maximum absolute atomic E-state index is 13.0. The molecule has 2 aliphatic heterocycles. The Morgan fingerprint density at radius 3 is 1.32 bits per heavy atom. The highest BCUT2D eigenvalue weighted by molar-refractivity contribution is 5.70. The van der Waals surface area contributed by atoms with Crippen LogP contribution in [0.3, 0.4) is 0 Å². The average molecular weight is 1030 g/mol. The van der Waals surface area contributed by atoms with E-state index < -0.39 is 92.7 Å². The van der Waals surface area contributed by atoms with Gasteiger partial charge >= 0.3 is 11.9 Å². The first-order chi connectivity index (χ1) is 35.0. The smallest absolute Gasteiger partial charge is 0.306 e. The zero-order chi connectivity index (χ0) is 52.4. The van der Waals surface area contributed by atoms with Crippen LogP contribution in [0.25, 0.3) is 0 Å². The molecule has 2 saturated heterocycles. The lowest BCUT2D eigenvalue weighted by Gasteiger charge is -2.42. The van der Waals surface area contributed by atoms with Crippen molar-refractivity contribution in [2.24, 2.45) is 0 Å². The van der Waals surface area contributed by atoms with E-state index in [0.717, 1.165) is 64.2 Å². The summed E-state index contributed by atoms with van der Waals surface area (Å²) in [5, 5.41) is 72.2. The van der Waals surface area contributed by atoms with E-state index in [1.165, 1.54) is 128 Å². The molecule has 0 aromatic rings. The van der Waals surface area contributed by atoms with Gasteiger partial charge in [0.1, 0.15) is 55.4 Å². The number of hydrogen-bond acceptors (Lipinski definition) is 15. The molecule has 2 aliphatic rings. The lowest BCUT2D eigenvalue weighted by Crippen LogP contribution is -2.61. The normalized spacial score (nSPS) is 25.1. The molecular formula is C57H104O15. The molecule has 15 heteroatoms. The fourth-order valence-corrected chi connectivity index (χ4v) is 9.19. The first-order valence-electron chi connectivity index (χ1n) is 28.9. The van der Waals surface area contributed by atoms with Gasteiger partial charge in [-0.05, 0) is 44.9 Å². The molecule has 2 heterocycles. The molecule has 0 aromatic heterocycles. The Labute approximate surface area is 434 Å². The average Bonchev–Trinajstić information content (AvgIpc) is 3.37. The molecule has 2 rings (SSSR count). The van der Waals surface area contributed by atoms with Gasteiger partial charge in [0, 0.05) is 12.8 Å². The van der Waals surface area contributed by atoms with Crippen molar-refractivity contribution in [3.05, 3.63) is 24.3 Å². The highest BCUT2D eigenvalue weighted by Crippen LogP contribution is 2.27. The predicted octanol–water partition coefficient (Wildman–Crippen LogP) is 9.50. The Morgan fingerprint density at radius 2 is 0.833 bits per heavy atom. The second kappa shape index (κ2) is 44.1.